The number of aromatic nitrogens is 1. The minimum Gasteiger partial charge on any atom is -0.505 e. The molecule has 5 heteroatoms. The van der Waals surface area contributed by atoms with Crippen molar-refractivity contribution >= 4 is 5.97 Å². The number of benzene rings is 1. The molecule has 0 amide bonds. The zero-order valence-corrected chi connectivity index (χ0v) is 11.6. The Kier molecular flexibility index (Phi) is 3.48. The van der Waals surface area contributed by atoms with E-state index < -0.39 is 5.97 Å². The number of esters is 1. The van der Waals surface area contributed by atoms with Crippen LogP contribution in [0, 0.1) is 0 Å². The second-order valence-corrected chi connectivity index (χ2v) is 4.97. The quantitative estimate of drug-likeness (QED) is 0.873. The Morgan fingerprint density at radius 2 is 2.14 bits per heavy atom. The summed E-state index contributed by atoms with van der Waals surface area (Å²) in [6, 6.07) is 7.73. The molecule has 0 saturated heterocycles. The number of nitrogens with zero attached hydrogens (tertiary/aromatic N) is 1. The van der Waals surface area contributed by atoms with E-state index in [0.29, 0.717) is 11.7 Å². The number of pyridine rings is 1. The van der Waals surface area contributed by atoms with Crippen molar-refractivity contribution in [2.75, 3.05) is 7.11 Å². The molecule has 21 heavy (non-hydrogen) atoms. The Labute approximate surface area is 122 Å². The molecule has 2 aromatic rings. The Morgan fingerprint density at radius 3 is 2.86 bits per heavy atom. The number of carbonyl (C=O) groups excluding carboxylic acids is 1. The van der Waals surface area contributed by atoms with Crippen molar-refractivity contribution in [3.05, 3.63) is 47.8 Å². The summed E-state index contributed by atoms with van der Waals surface area (Å²) < 4.78 is 10.4. The molecule has 0 atom stereocenters. The van der Waals surface area contributed by atoms with Gasteiger partial charge in [0.15, 0.2) is 11.5 Å². The summed E-state index contributed by atoms with van der Waals surface area (Å²) in [5, 5.41) is 9.78. The second kappa shape index (κ2) is 5.44. The van der Waals surface area contributed by atoms with Gasteiger partial charge in [-0.1, -0.05) is 12.1 Å². The lowest BCUT2D eigenvalue weighted by Crippen LogP contribution is -2.04. The Morgan fingerprint density at radius 1 is 1.33 bits per heavy atom. The van der Waals surface area contributed by atoms with E-state index in [9.17, 15) is 9.90 Å². The average molecular weight is 285 g/mol. The van der Waals surface area contributed by atoms with Gasteiger partial charge < -0.3 is 14.6 Å². The van der Waals surface area contributed by atoms with Crippen LogP contribution in [0.2, 0.25) is 0 Å². The van der Waals surface area contributed by atoms with Crippen molar-refractivity contribution in [2.24, 2.45) is 0 Å². The van der Waals surface area contributed by atoms with E-state index >= 15 is 0 Å². The van der Waals surface area contributed by atoms with Crippen LogP contribution in [0.25, 0.3) is 0 Å². The lowest BCUT2D eigenvalue weighted by molar-refractivity contribution is 0.0594. The number of carbonyl (C=O) groups is 1. The molecule has 3 rings (SSSR count). The molecule has 5 nitrogen and oxygen atoms in total. The molecule has 1 N–H and O–H groups in total. The summed E-state index contributed by atoms with van der Waals surface area (Å²) in [5.74, 6) is 0.462. The van der Waals surface area contributed by atoms with Crippen LogP contribution < -0.4 is 4.74 Å². The van der Waals surface area contributed by atoms with Gasteiger partial charge in [-0.15, -0.1) is 0 Å². The maximum absolute atomic E-state index is 11.7. The summed E-state index contributed by atoms with van der Waals surface area (Å²) in [6.07, 6.45) is 4.96. The van der Waals surface area contributed by atoms with Gasteiger partial charge in [-0.3, -0.25) is 4.98 Å². The van der Waals surface area contributed by atoms with Gasteiger partial charge in [0.1, 0.15) is 11.3 Å². The molecule has 1 heterocycles. The van der Waals surface area contributed by atoms with E-state index in [-0.39, 0.29) is 17.1 Å². The normalized spacial score (nSPS) is 13.8. The van der Waals surface area contributed by atoms with Gasteiger partial charge in [0.25, 0.3) is 0 Å². The van der Waals surface area contributed by atoms with Crippen LogP contribution in [0.3, 0.4) is 0 Å². The van der Waals surface area contributed by atoms with E-state index in [1.807, 2.05) is 12.1 Å². The zero-order valence-electron chi connectivity index (χ0n) is 11.6. The van der Waals surface area contributed by atoms with Crippen molar-refractivity contribution < 1.29 is 19.4 Å². The van der Waals surface area contributed by atoms with Crippen LogP contribution in [0.15, 0.2) is 36.7 Å². The largest absolute Gasteiger partial charge is 0.505 e. The molecule has 0 spiro atoms. The number of hydrogen-bond donors (Lipinski definition) is 1. The third kappa shape index (κ3) is 2.81. The molecule has 1 saturated carbocycles. The minimum atomic E-state index is -0.664. The molecule has 1 aliphatic rings. The highest BCUT2D eigenvalue weighted by molar-refractivity contribution is 5.95. The highest BCUT2D eigenvalue weighted by atomic mass is 16.5. The molecule has 108 valence electrons. The summed E-state index contributed by atoms with van der Waals surface area (Å²) in [5.41, 5.74) is 1.20. The third-order valence-corrected chi connectivity index (χ3v) is 3.42. The van der Waals surface area contributed by atoms with Crippen molar-refractivity contribution in [1.82, 2.24) is 4.98 Å². The molecule has 1 fully saturated rings. The number of methoxy groups -OCH3 is 1. The first-order chi connectivity index (χ1) is 10.2. The maximum atomic E-state index is 11.7. The molecule has 0 radical (unpaired) electrons. The van der Waals surface area contributed by atoms with Crippen molar-refractivity contribution in [2.45, 2.75) is 18.8 Å². The summed E-state index contributed by atoms with van der Waals surface area (Å²) in [6.45, 7) is 0. The first kappa shape index (κ1) is 13.4. The Bertz CT molecular complexity index is 680. The molecular formula is C16H15NO4. The van der Waals surface area contributed by atoms with Gasteiger partial charge in [0.2, 0.25) is 0 Å². The van der Waals surface area contributed by atoms with E-state index in [1.165, 1.54) is 37.9 Å². The molecule has 1 aromatic carbocycles. The van der Waals surface area contributed by atoms with Crippen molar-refractivity contribution in [3.8, 4) is 17.2 Å². The van der Waals surface area contributed by atoms with Gasteiger partial charge in [-0.05, 0) is 36.5 Å². The number of rotatable bonds is 4. The zero-order chi connectivity index (χ0) is 14.8. The highest BCUT2D eigenvalue weighted by Crippen LogP contribution is 2.41. The van der Waals surface area contributed by atoms with Gasteiger partial charge in [-0.2, -0.15) is 0 Å². The van der Waals surface area contributed by atoms with Crippen LogP contribution in [-0.4, -0.2) is 23.2 Å². The van der Waals surface area contributed by atoms with Crippen molar-refractivity contribution in [1.29, 1.82) is 0 Å². The summed E-state index contributed by atoms with van der Waals surface area (Å²) in [7, 11) is 1.25. The summed E-state index contributed by atoms with van der Waals surface area (Å²) >= 11 is 0. The van der Waals surface area contributed by atoms with Crippen molar-refractivity contribution in [3.63, 3.8) is 0 Å². The van der Waals surface area contributed by atoms with E-state index in [2.05, 4.69) is 15.8 Å². The molecule has 1 aromatic heterocycles. The fourth-order valence-corrected chi connectivity index (χ4v) is 2.19. The second-order valence-electron chi connectivity index (χ2n) is 4.97. The van der Waals surface area contributed by atoms with Gasteiger partial charge in [0.05, 0.1) is 19.5 Å². The molecule has 0 bridgehead atoms. The van der Waals surface area contributed by atoms with E-state index in [0.717, 1.165) is 0 Å². The Balaban J connectivity index is 1.92. The van der Waals surface area contributed by atoms with Crippen LogP contribution in [0.4, 0.5) is 0 Å². The summed E-state index contributed by atoms with van der Waals surface area (Å²) in [4.78, 5) is 15.6. The smallest absolute Gasteiger partial charge is 0.345 e. The monoisotopic (exact) mass is 285 g/mol. The molecular weight excluding hydrogens is 270 g/mol. The third-order valence-electron chi connectivity index (χ3n) is 3.42. The minimum absolute atomic E-state index is 0.0238. The number of hydrogen-bond acceptors (Lipinski definition) is 5. The number of ether oxygens (including phenoxy) is 2. The molecule has 0 unspecified atom stereocenters. The first-order valence-corrected chi connectivity index (χ1v) is 6.72. The first-order valence-electron chi connectivity index (χ1n) is 6.72. The van der Waals surface area contributed by atoms with Gasteiger partial charge >= 0.3 is 5.97 Å². The number of aromatic hydroxyl groups is 1. The predicted octanol–water partition coefficient (Wildman–Crippen LogP) is 3.24. The SMILES string of the molecule is COC(=O)c1c(O)cncc1Oc1cccc(C2CC2)c1. The lowest BCUT2D eigenvalue weighted by atomic mass is 10.1. The van der Waals surface area contributed by atoms with Gasteiger partial charge in [0, 0.05) is 0 Å². The maximum Gasteiger partial charge on any atom is 0.345 e. The molecule has 1 aliphatic carbocycles. The lowest BCUT2D eigenvalue weighted by Gasteiger charge is -2.11. The topological polar surface area (TPSA) is 68.7 Å². The van der Waals surface area contributed by atoms with Crippen LogP contribution in [-0.2, 0) is 4.74 Å². The fraction of sp³-hybridized carbons (Fsp3) is 0.250. The van der Waals surface area contributed by atoms with E-state index in [1.54, 1.807) is 6.07 Å². The standard InChI is InChI=1S/C16H15NO4/c1-20-16(19)15-13(18)8-17-9-14(15)21-12-4-2-3-11(7-12)10-5-6-10/h2-4,7-10,18H,5-6H2,1H3. The van der Waals surface area contributed by atoms with E-state index in [4.69, 9.17) is 4.74 Å². The fourth-order valence-electron chi connectivity index (χ4n) is 2.19. The average Bonchev–Trinajstić information content (AvgIpc) is 3.32. The Hall–Kier alpha value is -2.56. The predicted molar refractivity (Wildman–Crippen MR) is 75.7 cm³/mol. The highest BCUT2D eigenvalue weighted by Gasteiger charge is 2.24. The van der Waals surface area contributed by atoms with Crippen LogP contribution >= 0.6 is 0 Å². The van der Waals surface area contributed by atoms with Crippen LogP contribution in [0.5, 0.6) is 17.2 Å². The molecule has 0 aliphatic heterocycles. The van der Waals surface area contributed by atoms with Crippen LogP contribution in [0.1, 0.15) is 34.7 Å². The van der Waals surface area contributed by atoms with Gasteiger partial charge in [-0.25, -0.2) is 4.79 Å².